The standard InChI is InChI=1S/C15H16O.ClH/c1-3-7-14(8-4-1)11-12-16-13-15-9-5-2-6-10-15;/h1-10H,11-13H2;1H. The zero-order valence-electron chi connectivity index (χ0n) is 9.71. The Balaban J connectivity index is 0.00000144. The summed E-state index contributed by atoms with van der Waals surface area (Å²) in [6.45, 7) is 1.48. The molecule has 0 saturated carbocycles. The normalized spacial score (nSPS) is 9.65. The lowest BCUT2D eigenvalue weighted by Gasteiger charge is -2.04. The number of hydrogen-bond donors (Lipinski definition) is 0. The van der Waals surface area contributed by atoms with Crippen molar-refractivity contribution in [3.05, 3.63) is 71.8 Å². The predicted molar refractivity (Wildman–Crippen MR) is 73.5 cm³/mol. The van der Waals surface area contributed by atoms with Crippen LogP contribution in [-0.4, -0.2) is 6.61 Å². The van der Waals surface area contributed by atoms with E-state index in [4.69, 9.17) is 4.74 Å². The van der Waals surface area contributed by atoms with Gasteiger partial charge in [-0.2, -0.15) is 0 Å². The van der Waals surface area contributed by atoms with Crippen LogP contribution < -0.4 is 0 Å². The maximum absolute atomic E-state index is 5.62. The lowest BCUT2D eigenvalue weighted by molar-refractivity contribution is 0.124. The van der Waals surface area contributed by atoms with Gasteiger partial charge in [-0.05, 0) is 17.5 Å². The molecule has 0 aliphatic carbocycles. The van der Waals surface area contributed by atoms with Gasteiger partial charge in [0.2, 0.25) is 0 Å². The average Bonchev–Trinajstić information content (AvgIpc) is 2.37. The number of rotatable bonds is 5. The minimum Gasteiger partial charge on any atom is -0.376 e. The number of benzene rings is 2. The van der Waals surface area contributed by atoms with E-state index >= 15 is 0 Å². The topological polar surface area (TPSA) is 9.23 Å². The van der Waals surface area contributed by atoms with Gasteiger partial charge in [0, 0.05) is 0 Å². The zero-order chi connectivity index (χ0) is 11.1. The van der Waals surface area contributed by atoms with Crippen LogP contribution in [0.15, 0.2) is 60.7 Å². The van der Waals surface area contributed by atoms with E-state index < -0.39 is 0 Å². The summed E-state index contributed by atoms with van der Waals surface area (Å²) in [5.74, 6) is 0. The minimum absolute atomic E-state index is 0. The van der Waals surface area contributed by atoms with Crippen LogP contribution in [0, 0.1) is 0 Å². The van der Waals surface area contributed by atoms with E-state index in [2.05, 4.69) is 36.4 Å². The monoisotopic (exact) mass is 248 g/mol. The van der Waals surface area contributed by atoms with Crippen molar-refractivity contribution in [2.45, 2.75) is 13.0 Å². The van der Waals surface area contributed by atoms with Crippen LogP contribution in [0.3, 0.4) is 0 Å². The second kappa shape index (κ2) is 7.88. The van der Waals surface area contributed by atoms with Crippen LogP contribution in [0.25, 0.3) is 0 Å². The van der Waals surface area contributed by atoms with Gasteiger partial charge in [-0.1, -0.05) is 60.7 Å². The van der Waals surface area contributed by atoms with Crippen LogP contribution in [0.2, 0.25) is 0 Å². The Bertz CT molecular complexity index is 358. The average molecular weight is 249 g/mol. The Morgan fingerprint density at radius 3 is 1.82 bits per heavy atom. The van der Waals surface area contributed by atoms with Crippen LogP contribution >= 0.6 is 12.4 Å². The van der Waals surface area contributed by atoms with Crippen LogP contribution in [0.1, 0.15) is 11.1 Å². The Kier molecular flexibility index (Phi) is 6.38. The molecule has 2 aromatic carbocycles. The summed E-state index contributed by atoms with van der Waals surface area (Å²) in [6, 6.07) is 20.7. The van der Waals surface area contributed by atoms with Gasteiger partial charge in [0.1, 0.15) is 0 Å². The quantitative estimate of drug-likeness (QED) is 0.730. The molecule has 0 aliphatic heterocycles. The zero-order valence-corrected chi connectivity index (χ0v) is 10.5. The summed E-state index contributed by atoms with van der Waals surface area (Å²) in [7, 11) is 0. The number of halogens is 1. The lowest BCUT2D eigenvalue weighted by atomic mass is 10.2. The molecule has 0 fully saturated rings. The van der Waals surface area contributed by atoms with E-state index in [1.54, 1.807) is 0 Å². The van der Waals surface area contributed by atoms with Crippen LogP contribution in [-0.2, 0) is 17.8 Å². The van der Waals surface area contributed by atoms with E-state index in [0.29, 0.717) is 6.61 Å². The smallest absolute Gasteiger partial charge is 0.0717 e. The summed E-state index contributed by atoms with van der Waals surface area (Å²) in [6.07, 6.45) is 0.980. The third kappa shape index (κ3) is 5.03. The second-order valence-electron chi connectivity index (χ2n) is 3.77. The maximum Gasteiger partial charge on any atom is 0.0717 e. The molecule has 2 aromatic rings. The first-order chi connectivity index (χ1) is 7.95. The molecule has 2 heteroatoms. The molecule has 0 heterocycles. The highest BCUT2D eigenvalue weighted by Crippen LogP contribution is 2.03. The number of ether oxygens (including phenoxy) is 1. The van der Waals surface area contributed by atoms with E-state index in [9.17, 15) is 0 Å². The molecule has 0 spiro atoms. The fraction of sp³-hybridized carbons (Fsp3) is 0.200. The van der Waals surface area contributed by atoms with E-state index in [-0.39, 0.29) is 12.4 Å². The second-order valence-corrected chi connectivity index (χ2v) is 3.77. The molecular formula is C15H17ClO. The molecule has 0 bridgehead atoms. The van der Waals surface area contributed by atoms with E-state index in [1.807, 2.05) is 24.3 Å². The van der Waals surface area contributed by atoms with Gasteiger partial charge in [0.05, 0.1) is 13.2 Å². The molecule has 0 amide bonds. The lowest BCUT2D eigenvalue weighted by Crippen LogP contribution is -1.98. The third-order valence-corrected chi connectivity index (χ3v) is 2.49. The molecule has 2 rings (SSSR count). The fourth-order valence-corrected chi connectivity index (χ4v) is 1.60. The first kappa shape index (κ1) is 13.8. The van der Waals surface area contributed by atoms with Gasteiger partial charge in [-0.3, -0.25) is 0 Å². The highest BCUT2D eigenvalue weighted by molar-refractivity contribution is 5.85. The van der Waals surface area contributed by atoms with Gasteiger partial charge in [-0.15, -0.1) is 12.4 Å². The predicted octanol–water partition coefficient (Wildman–Crippen LogP) is 3.87. The highest BCUT2D eigenvalue weighted by atomic mass is 35.5. The largest absolute Gasteiger partial charge is 0.376 e. The van der Waals surface area contributed by atoms with Crippen LogP contribution in [0.4, 0.5) is 0 Å². The summed E-state index contributed by atoms with van der Waals surface area (Å²) >= 11 is 0. The number of hydrogen-bond acceptors (Lipinski definition) is 1. The molecule has 0 N–H and O–H groups in total. The summed E-state index contributed by atoms with van der Waals surface area (Å²) in [5.41, 5.74) is 2.56. The van der Waals surface area contributed by atoms with Gasteiger partial charge in [-0.25, -0.2) is 0 Å². The molecular weight excluding hydrogens is 232 g/mol. The highest BCUT2D eigenvalue weighted by Gasteiger charge is 1.93. The van der Waals surface area contributed by atoms with Gasteiger partial charge in [0.25, 0.3) is 0 Å². The van der Waals surface area contributed by atoms with E-state index in [1.165, 1.54) is 11.1 Å². The van der Waals surface area contributed by atoms with Gasteiger partial charge < -0.3 is 4.74 Å². The van der Waals surface area contributed by atoms with Crippen molar-refractivity contribution in [3.63, 3.8) is 0 Å². The summed E-state index contributed by atoms with van der Waals surface area (Å²) in [5, 5.41) is 0. The van der Waals surface area contributed by atoms with Crippen molar-refractivity contribution in [2.75, 3.05) is 6.61 Å². The van der Waals surface area contributed by atoms with E-state index in [0.717, 1.165) is 13.0 Å². The van der Waals surface area contributed by atoms with Crippen molar-refractivity contribution in [2.24, 2.45) is 0 Å². The first-order valence-electron chi connectivity index (χ1n) is 5.61. The van der Waals surface area contributed by atoms with Gasteiger partial charge in [0.15, 0.2) is 0 Å². The first-order valence-corrected chi connectivity index (χ1v) is 5.61. The molecule has 90 valence electrons. The molecule has 0 atom stereocenters. The van der Waals surface area contributed by atoms with Gasteiger partial charge >= 0.3 is 0 Å². The van der Waals surface area contributed by atoms with Crippen molar-refractivity contribution >= 4 is 12.4 Å². The van der Waals surface area contributed by atoms with Crippen molar-refractivity contribution in [1.82, 2.24) is 0 Å². The molecule has 0 unspecified atom stereocenters. The molecule has 1 nitrogen and oxygen atoms in total. The Labute approximate surface area is 109 Å². The maximum atomic E-state index is 5.62. The fourth-order valence-electron chi connectivity index (χ4n) is 1.60. The third-order valence-electron chi connectivity index (χ3n) is 2.49. The molecule has 0 saturated heterocycles. The molecule has 0 aromatic heterocycles. The minimum atomic E-state index is 0. The molecule has 0 aliphatic rings. The Morgan fingerprint density at radius 2 is 1.24 bits per heavy atom. The SMILES string of the molecule is Cl.c1ccc(CCOCc2ccccc2)cc1. The van der Waals surface area contributed by atoms with Crippen molar-refractivity contribution in [3.8, 4) is 0 Å². The summed E-state index contributed by atoms with van der Waals surface area (Å²) < 4.78 is 5.62. The summed E-state index contributed by atoms with van der Waals surface area (Å²) in [4.78, 5) is 0. The Hall–Kier alpha value is -1.31. The van der Waals surface area contributed by atoms with Crippen molar-refractivity contribution < 1.29 is 4.74 Å². The van der Waals surface area contributed by atoms with Crippen LogP contribution in [0.5, 0.6) is 0 Å². The molecule has 0 radical (unpaired) electrons. The van der Waals surface area contributed by atoms with Crippen molar-refractivity contribution in [1.29, 1.82) is 0 Å². The molecule has 17 heavy (non-hydrogen) atoms. The Morgan fingerprint density at radius 1 is 0.706 bits per heavy atom.